The molecule has 1 fully saturated rings. The Hall–Kier alpha value is -2.74. The first kappa shape index (κ1) is 16.7. The molecule has 1 aliphatic heterocycles. The SMILES string of the molecule is CC1(O)CN(c2ccc(Cc3cc4ccccc4[nH]c3=O)cn2)C(O)O1. The predicted octanol–water partition coefficient (Wildman–Crippen LogP) is 1.33. The highest BCUT2D eigenvalue weighted by Crippen LogP contribution is 2.26. The first-order valence-electron chi connectivity index (χ1n) is 8.32. The van der Waals surface area contributed by atoms with Crippen molar-refractivity contribution in [3.05, 3.63) is 70.1 Å². The maximum Gasteiger partial charge on any atom is 0.251 e. The van der Waals surface area contributed by atoms with Gasteiger partial charge in [-0.05, 0) is 36.1 Å². The third-order valence-corrected chi connectivity index (χ3v) is 4.42. The quantitative estimate of drug-likeness (QED) is 0.657. The summed E-state index contributed by atoms with van der Waals surface area (Å²) in [5.74, 6) is -0.926. The number of para-hydroxylation sites is 1. The minimum atomic E-state index is -1.42. The third-order valence-electron chi connectivity index (χ3n) is 4.42. The number of hydrogen-bond donors (Lipinski definition) is 3. The molecule has 0 bridgehead atoms. The lowest BCUT2D eigenvalue weighted by atomic mass is 10.1. The van der Waals surface area contributed by atoms with Gasteiger partial charge in [0, 0.05) is 23.7 Å². The second kappa shape index (κ2) is 6.21. The molecule has 1 aliphatic rings. The smallest absolute Gasteiger partial charge is 0.251 e. The number of anilines is 1. The maximum absolute atomic E-state index is 12.3. The Kier molecular flexibility index (Phi) is 3.99. The summed E-state index contributed by atoms with van der Waals surface area (Å²) in [5.41, 5.74) is 2.22. The molecule has 0 aliphatic carbocycles. The maximum atomic E-state index is 12.3. The van der Waals surface area contributed by atoms with E-state index in [0.717, 1.165) is 16.5 Å². The average Bonchev–Trinajstić information content (AvgIpc) is 2.89. The highest BCUT2D eigenvalue weighted by atomic mass is 16.7. The summed E-state index contributed by atoms with van der Waals surface area (Å²) in [6.45, 7) is 1.60. The number of nitrogens with zero attached hydrogens (tertiary/aromatic N) is 2. The summed E-state index contributed by atoms with van der Waals surface area (Å²) < 4.78 is 5.05. The van der Waals surface area contributed by atoms with Crippen molar-refractivity contribution in [2.75, 3.05) is 11.4 Å². The Morgan fingerprint density at radius 1 is 1.35 bits per heavy atom. The van der Waals surface area contributed by atoms with Crippen LogP contribution in [-0.4, -0.2) is 38.9 Å². The van der Waals surface area contributed by atoms with Crippen LogP contribution in [-0.2, 0) is 11.2 Å². The Morgan fingerprint density at radius 3 is 2.85 bits per heavy atom. The van der Waals surface area contributed by atoms with E-state index in [2.05, 4.69) is 9.97 Å². The van der Waals surface area contributed by atoms with Gasteiger partial charge in [-0.1, -0.05) is 24.3 Å². The fourth-order valence-corrected chi connectivity index (χ4v) is 3.15. The van der Waals surface area contributed by atoms with Crippen molar-refractivity contribution >= 4 is 16.7 Å². The molecule has 0 radical (unpaired) electrons. The molecule has 26 heavy (non-hydrogen) atoms. The van der Waals surface area contributed by atoms with Crippen LogP contribution in [0.3, 0.4) is 0 Å². The Bertz CT molecular complexity index is 998. The van der Waals surface area contributed by atoms with Gasteiger partial charge in [0.05, 0.1) is 6.54 Å². The van der Waals surface area contributed by atoms with Gasteiger partial charge in [0.2, 0.25) is 6.41 Å². The summed E-state index contributed by atoms with van der Waals surface area (Å²) in [7, 11) is 0. The number of aliphatic hydroxyl groups is 2. The zero-order chi connectivity index (χ0) is 18.3. The first-order valence-corrected chi connectivity index (χ1v) is 8.32. The largest absolute Gasteiger partial charge is 0.364 e. The molecule has 1 saturated heterocycles. The van der Waals surface area contributed by atoms with E-state index >= 15 is 0 Å². The van der Waals surface area contributed by atoms with Crippen molar-refractivity contribution in [1.82, 2.24) is 9.97 Å². The van der Waals surface area contributed by atoms with E-state index < -0.39 is 12.2 Å². The Morgan fingerprint density at radius 2 is 2.15 bits per heavy atom. The molecule has 0 saturated carbocycles. The molecule has 7 heteroatoms. The molecular formula is C19H19N3O4. The van der Waals surface area contributed by atoms with Crippen LogP contribution in [0.25, 0.3) is 10.9 Å². The molecule has 2 atom stereocenters. The van der Waals surface area contributed by atoms with Gasteiger partial charge in [-0.2, -0.15) is 0 Å². The minimum absolute atomic E-state index is 0.116. The normalized spacial score (nSPS) is 22.9. The topological polar surface area (TPSA) is 98.7 Å². The van der Waals surface area contributed by atoms with Gasteiger partial charge in [0.15, 0.2) is 5.79 Å². The summed E-state index contributed by atoms with van der Waals surface area (Å²) in [5, 5.41) is 20.7. The fraction of sp³-hybridized carbons (Fsp3) is 0.263. The van der Waals surface area contributed by atoms with Crippen LogP contribution in [0, 0.1) is 0 Å². The van der Waals surface area contributed by atoms with E-state index in [1.165, 1.54) is 11.8 Å². The van der Waals surface area contributed by atoms with E-state index in [-0.39, 0.29) is 12.1 Å². The number of H-pyrrole nitrogens is 1. The number of ether oxygens (including phenoxy) is 1. The summed E-state index contributed by atoms with van der Waals surface area (Å²) in [4.78, 5) is 20.9. The molecule has 1 aromatic carbocycles. The average molecular weight is 353 g/mol. The van der Waals surface area contributed by atoms with Crippen LogP contribution < -0.4 is 10.5 Å². The standard InChI is InChI=1S/C19H19N3O4/c1-19(25)11-22(18(24)26-19)16-7-6-12(10-20-16)8-14-9-13-4-2-3-5-15(13)21-17(14)23/h2-7,9-10,18,24-25H,8,11H2,1H3,(H,21,23). The number of nitrogens with one attached hydrogen (secondary N) is 1. The third kappa shape index (κ3) is 3.20. The Balaban J connectivity index is 1.57. The number of aliphatic hydroxyl groups excluding tert-OH is 1. The number of hydrogen-bond acceptors (Lipinski definition) is 6. The van der Waals surface area contributed by atoms with Crippen molar-refractivity contribution in [1.29, 1.82) is 0 Å². The molecule has 3 aromatic rings. The summed E-state index contributed by atoms with van der Waals surface area (Å²) >= 11 is 0. The van der Waals surface area contributed by atoms with Crippen LogP contribution in [0.1, 0.15) is 18.1 Å². The van der Waals surface area contributed by atoms with Gasteiger partial charge in [0.25, 0.3) is 5.56 Å². The van der Waals surface area contributed by atoms with Gasteiger partial charge in [-0.15, -0.1) is 0 Å². The van der Waals surface area contributed by atoms with E-state index in [1.807, 2.05) is 36.4 Å². The Labute approximate surface area is 149 Å². The zero-order valence-corrected chi connectivity index (χ0v) is 14.2. The summed E-state index contributed by atoms with van der Waals surface area (Å²) in [6.07, 6.45) is 0.861. The molecule has 3 N–H and O–H groups in total. The van der Waals surface area contributed by atoms with Crippen molar-refractivity contribution in [2.45, 2.75) is 25.5 Å². The van der Waals surface area contributed by atoms with Gasteiger partial charge < -0.3 is 24.8 Å². The van der Waals surface area contributed by atoms with Crippen molar-refractivity contribution in [3.8, 4) is 0 Å². The second-order valence-electron chi connectivity index (χ2n) is 6.66. The van der Waals surface area contributed by atoms with Gasteiger partial charge >= 0.3 is 0 Å². The zero-order valence-electron chi connectivity index (χ0n) is 14.2. The van der Waals surface area contributed by atoms with Gasteiger partial charge in [-0.25, -0.2) is 4.98 Å². The van der Waals surface area contributed by atoms with Gasteiger partial charge in [0.1, 0.15) is 5.82 Å². The molecule has 3 heterocycles. The molecule has 134 valence electrons. The number of benzene rings is 1. The lowest BCUT2D eigenvalue weighted by Crippen LogP contribution is -2.32. The fourth-order valence-electron chi connectivity index (χ4n) is 3.15. The van der Waals surface area contributed by atoms with Crippen molar-refractivity contribution in [2.24, 2.45) is 0 Å². The second-order valence-corrected chi connectivity index (χ2v) is 6.66. The highest BCUT2D eigenvalue weighted by Gasteiger charge is 2.40. The van der Waals surface area contributed by atoms with E-state index in [4.69, 9.17) is 4.74 Å². The van der Waals surface area contributed by atoms with Crippen LogP contribution in [0.15, 0.2) is 53.5 Å². The molecular weight excluding hydrogens is 334 g/mol. The molecule has 4 rings (SSSR count). The van der Waals surface area contributed by atoms with Crippen molar-refractivity contribution in [3.63, 3.8) is 0 Å². The number of aromatic nitrogens is 2. The minimum Gasteiger partial charge on any atom is -0.364 e. The molecule has 2 aromatic heterocycles. The predicted molar refractivity (Wildman–Crippen MR) is 96.7 cm³/mol. The lowest BCUT2D eigenvalue weighted by Gasteiger charge is -2.19. The van der Waals surface area contributed by atoms with Crippen LogP contribution in [0.4, 0.5) is 5.82 Å². The molecule has 2 unspecified atom stereocenters. The summed E-state index contributed by atoms with van der Waals surface area (Å²) in [6, 6.07) is 13.1. The van der Waals surface area contributed by atoms with E-state index in [9.17, 15) is 15.0 Å². The van der Waals surface area contributed by atoms with Crippen molar-refractivity contribution < 1.29 is 14.9 Å². The van der Waals surface area contributed by atoms with Gasteiger partial charge in [-0.3, -0.25) is 4.79 Å². The highest BCUT2D eigenvalue weighted by molar-refractivity contribution is 5.78. The van der Waals surface area contributed by atoms with Crippen LogP contribution in [0.5, 0.6) is 0 Å². The number of β-amino-alcohol motifs (C(OH)–C–C–N with tert-alkyl or cyclic N) is 1. The number of pyridine rings is 2. The van der Waals surface area contributed by atoms with E-state index in [0.29, 0.717) is 17.8 Å². The van der Waals surface area contributed by atoms with E-state index in [1.54, 1.807) is 12.3 Å². The van der Waals surface area contributed by atoms with Crippen LogP contribution >= 0.6 is 0 Å². The molecule has 0 amide bonds. The molecule has 7 nitrogen and oxygen atoms in total. The van der Waals surface area contributed by atoms with Crippen LogP contribution in [0.2, 0.25) is 0 Å². The number of aromatic amines is 1. The lowest BCUT2D eigenvalue weighted by molar-refractivity contribution is -0.220. The number of rotatable bonds is 3. The monoisotopic (exact) mass is 353 g/mol. The first-order chi connectivity index (χ1) is 12.4. The molecule has 0 spiro atoms. The number of fused-ring (bicyclic) bond motifs is 1.